The van der Waals surface area contributed by atoms with Crippen molar-refractivity contribution in [2.45, 2.75) is 44.7 Å². The molecule has 0 saturated carbocycles. The van der Waals surface area contributed by atoms with Crippen LogP contribution in [0, 0.1) is 6.92 Å². The summed E-state index contributed by atoms with van der Waals surface area (Å²) in [6.45, 7) is 4.07. The van der Waals surface area contributed by atoms with E-state index in [0.717, 1.165) is 17.8 Å². The van der Waals surface area contributed by atoms with Gasteiger partial charge in [-0.2, -0.15) is 0 Å². The fourth-order valence-electron chi connectivity index (χ4n) is 3.77. The third-order valence-corrected chi connectivity index (χ3v) is 5.77. The van der Waals surface area contributed by atoms with Crippen molar-refractivity contribution in [3.8, 4) is 10.8 Å². The maximum atomic E-state index is 12.6. The van der Waals surface area contributed by atoms with Crippen LogP contribution in [0.4, 0.5) is 0 Å². The van der Waals surface area contributed by atoms with Crippen molar-refractivity contribution in [2.24, 2.45) is 0 Å². The lowest BCUT2D eigenvalue weighted by molar-refractivity contribution is 0.0909. The fraction of sp³-hybridized carbons (Fsp3) is 0.529. The van der Waals surface area contributed by atoms with Crippen LogP contribution < -0.4 is 5.32 Å². The van der Waals surface area contributed by atoms with Gasteiger partial charge in [-0.05, 0) is 44.2 Å². The third-order valence-electron chi connectivity index (χ3n) is 4.92. The van der Waals surface area contributed by atoms with Crippen LogP contribution in [0.2, 0.25) is 0 Å². The van der Waals surface area contributed by atoms with E-state index in [1.165, 1.54) is 25.8 Å². The lowest BCUT2D eigenvalue weighted by Crippen LogP contribution is -2.46. The maximum Gasteiger partial charge on any atom is 0.273 e. The summed E-state index contributed by atoms with van der Waals surface area (Å²) in [4.78, 5) is 20.5. The highest BCUT2D eigenvalue weighted by molar-refractivity contribution is 7.13. The van der Waals surface area contributed by atoms with Gasteiger partial charge in [0.05, 0.1) is 4.88 Å². The van der Waals surface area contributed by atoms with Crippen LogP contribution >= 0.6 is 11.3 Å². The van der Waals surface area contributed by atoms with Crippen molar-refractivity contribution in [2.75, 3.05) is 13.1 Å². The number of fused-ring (bicyclic) bond motifs is 1. The standard InChI is InChI=1S/C17H21N3O2S/c1-11-15(19-17(22-11)14-6-4-10-23-14)16(21)18-12-7-9-20-8-3-2-5-13(12)20/h4,6,10,12-13H,2-3,5,7-9H2,1H3,(H,18,21)/t12-,13+/m0/s1. The monoisotopic (exact) mass is 331 g/mol. The highest BCUT2D eigenvalue weighted by Crippen LogP contribution is 2.28. The Bertz CT molecular complexity index is 695. The van der Waals surface area contributed by atoms with Crippen molar-refractivity contribution >= 4 is 17.2 Å². The molecule has 0 unspecified atom stereocenters. The number of carbonyl (C=O) groups excluding carboxylic acids is 1. The fourth-order valence-corrected chi connectivity index (χ4v) is 4.41. The number of piperidine rings is 1. The molecule has 4 rings (SSSR count). The van der Waals surface area contributed by atoms with Crippen LogP contribution in [0.5, 0.6) is 0 Å². The summed E-state index contributed by atoms with van der Waals surface area (Å²) in [6, 6.07) is 4.64. The molecule has 1 N–H and O–H groups in total. The van der Waals surface area contributed by atoms with Gasteiger partial charge in [-0.15, -0.1) is 11.3 Å². The number of aromatic nitrogens is 1. The number of amides is 1. The minimum Gasteiger partial charge on any atom is -0.440 e. The SMILES string of the molecule is Cc1oc(-c2cccs2)nc1C(=O)N[C@H]1CCN2CCCC[C@H]12. The van der Waals surface area contributed by atoms with Gasteiger partial charge in [0.25, 0.3) is 5.91 Å². The lowest BCUT2D eigenvalue weighted by Gasteiger charge is -2.32. The molecule has 5 nitrogen and oxygen atoms in total. The van der Waals surface area contributed by atoms with Gasteiger partial charge in [0.15, 0.2) is 5.69 Å². The third kappa shape index (κ3) is 2.81. The van der Waals surface area contributed by atoms with Gasteiger partial charge in [0.1, 0.15) is 5.76 Å². The van der Waals surface area contributed by atoms with Crippen LogP contribution in [-0.2, 0) is 0 Å². The van der Waals surface area contributed by atoms with Crippen LogP contribution in [0.1, 0.15) is 41.9 Å². The Morgan fingerprint density at radius 2 is 2.30 bits per heavy atom. The van der Waals surface area contributed by atoms with Crippen LogP contribution in [0.25, 0.3) is 10.8 Å². The van der Waals surface area contributed by atoms with Gasteiger partial charge in [-0.3, -0.25) is 9.69 Å². The predicted molar refractivity (Wildman–Crippen MR) is 89.6 cm³/mol. The first-order valence-corrected chi connectivity index (χ1v) is 9.16. The summed E-state index contributed by atoms with van der Waals surface area (Å²) in [6.07, 6.45) is 4.76. The number of nitrogens with zero attached hydrogens (tertiary/aromatic N) is 2. The number of rotatable bonds is 3. The number of carbonyl (C=O) groups is 1. The van der Waals surface area contributed by atoms with E-state index in [1.807, 2.05) is 17.5 Å². The zero-order valence-electron chi connectivity index (χ0n) is 13.2. The zero-order valence-corrected chi connectivity index (χ0v) is 14.1. The number of hydrogen-bond donors (Lipinski definition) is 1. The molecule has 0 spiro atoms. The molecule has 2 aromatic heterocycles. The topological polar surface area (TPSA) is 58.4 Å². The van der Waals surface area contributed by atoms with E-state index in [2.05, 4.69) is 15.2 Å². The number of oxazole rings is 1. The second-order valence-electron chi connectivity index (χ2n) is 6.37. The first kappa shape index (κ1) is 14.9. The smallest absolute Gasteiger partial charge is 0.273 e. The van der Waals surface area contributed by atoms with E-state index in [1.54, 1.807) is 18.3 Å². The molecule has 0 bridgehead atoms. The number of nitrogens with one attached hydrogen (secondary N) is 1. The molecule has 23 heavy (non-hydrogen) atoms. The average molecular weight is 331 g/mol. The van der Waals surface area contributed by atoms with Crippen LogP contribution in [-0.4, -0.2) is 41.0 Å². The maximum absolute atomic E-state index is 12.6. The highest BCUT2D eigenvalue weighted by Gasteiger charge is 2.36. The lowest BCUT2D eigenvalue weighted by atomic mass is 9.99. The van der Waals surface area contributed by atoms with Gasteiger partial charge in [-0.25, -0.2) is 4.98 Å². The number of thiophene rings is 1. The van der Waals surface area contributed by atoms with E-state index in [0.29, 0.717) is 23.4 Å². The van der Waals surface area contributed by atoms with Gasteiger partial charge in [0.2, 0.25) is 5.89 Å². The minimum atomic E-state index is -0.105. The predicted octanol–water partition coefficient (Wildman–Crippen LogP) is 3.07. The molecule has 2 saturated heterocycles. The molecule has 122 valence electrons. The molecule has 2 atom stereocenters. The van der Waals surface area contributed by atoms with E-state index in [4.69, 9.17) is 4.42 Å². The van der Waals surface area contributed by atoms with Crippen LogP contribution in [0.3, 0.4) is 0 Å². The number of aryl methyl sites for hydroxylation is 1. The summed E-state index contributed by atoms with van der Waals surface area (Å²) >= 11 is 1.56. The Balaban J connectivity index is 1.49. The molecular formula is C17H21N3O2S. The minimum absolute atomic E-state index is 0.105. The van der Waals surface area contributed by atoms with Crippen molar-refractivity contribution < 1.29 is 9.21 Å². The van der Waals surface area contributed by atoms with Crippen molar-refractivity contribution in [1.29, 1.82) is 0 Å². The molecule has 2 aromatic rings. The summed E-state index contributed by atoms with van der Waals surface area (Å²) < 4.78 is 5.68. The van der Waals surface area contributed by atoms with Crippen molar-refractivity contribution in [1.82, 2.24) is 15.2 Å². The summed E-state index contributed by atoms with van der Waals surface area (Å²) in [5.41, 5.74) is 0.419. The first-order chi connectivity index (χ1) is 11.2. The highest BCUT2D eigenvalue weighted by atomic mass is 32.1. The Morgan fingerprint density at radius 1 is 1.39 bits per heavy atom. The molecule has 0 aromatic carbocycles. The van der Waals surface area contributed by atoms with E-state index in [9.17, 15) is 4.79 Å². The van der Waals surface area contributed by atoms with Crippen molar-refractivity contribution in [3.05, 3.63) is 29.0 Å². The normalized spacial score (nSPS) is 24.6. The first-order valence-electron chi connectivity index (χ1n) is 8.28. The van der Waals surface area contributed by atoms with Gasteiger partial charge < -0.3 is 9.73 Å². The van der Waals surface area contributed by atoms with Gasteiger partial charge in [0, 0.05) is 18.6 Å². The molecule has 1 amide bonds. The average Bonchev–Trinajstić information content (AvgIpc) is 3.27. The summed E-state index contributed by atoms with van der Waals surface area (Å²) in [5.74, 6) is 1.02. The summed E-state index contributed by atoms with van der Waals surface area (Å²) in [5, 5.41) is 5.17. The Labute approximate surface area is 139 Å². The molecule has 2 aliphatic heterocycles. The largest absolute Gasteiger partial charge is 0.440 e. The Hall–Kier alpha value is -1.66. The van der Waals surface area contributed by atoms with E-state index < -0.39 is 0 Å². The van der Waals surface area contributed by atoms with Gasteiger partial charge >= 0.3 is 0 Å². The van der Waals surface area contributed by atoms with Gasteiger partial charge in [-0.1, -0.05) is 12.5 Å². The molecule has 6 heteroatoms. The molecule has 0 radical (unpaired) electrons. The Morgan fingerprint density at radius 3 is 3.13 bits per heavy atom. The van der Waals surface area contributed by atoms with Crippen molar-refractivity contribution in [3.63, 3.8) is 0 Å². The van der Waals surface area contributed by atoms with E-state index in [-0.39, 0.29) is 11.9 Å². The molecular weight excluding hydrogens is 310 g/mol. The van der Waals surface area contributed by atoms with Crippen LogP contribution in [0.15, 0.2) is 21.9 Å². The Kier molecular flexibility index (Phi) is 3.95. The molecule has 4 heterocycles. The molecule has 2 aliphatic rings. The molecule has 2 fully saturated rings. The van der Waals surface area contributed by atoms with E-state index >= 15 is 0 Å². The quantitative estimate of drug-likeness (QED) is 0.939. The molecule has 0 aliphatic carbocycles. The second kappa shape index (κ2) is 6.09. The number of hydrogen-bond acceptors (Lipinski definition) is 5. The second-order valence-corrected chi connectivity index (χ2v) is 7.32. The summed E-state index contributed by atoms with van der Waals surface area (Å²) in [7, 11) is 0. The zero-order chi connectivity index (χ0) is 15.8.